The van der Waals surface area contributed by atoms with Crippen LogP contribution >= 0.6 is 0 Å². The summed E-state index contributed by atoms with van der Waals surface area (Å²) in [7, 11) is 0. The third kappa shape index (κ3) is 4.48. The van der Waals surface area contributed by atoms with Crippen molar-refractivity contribution in [1.29, 1.82) is 0 Å². The molecule has 2 atom stereocenters. The fourth-order valence-electron chi connectivity index (χ4n) is 3.50. The van der Waals surface area contributed by atoms with Gasteiger partial charge in [-0.3, -0.25) is 4.79 Å². The van der Waals surface area contributed by atoms with Crippen LogP contribution in [0.15, 0.2) is 24.3 Å². The van der Waals surface area contributed by atoms with E-state index >= 15 is 0 Å². The van der Waals surface area contributed by atoms with E-state index in [4.69, 9.17) is 9.47 Å². The van der Waals surface area contributed by atoms with Crippen LogP contribution < -0.4 is 10.2 Å². The maximum Gasteiger partial charge on any atom is 0.220 e. The van der Waals surface area contributed by atoms with E-state index in [2.05, 4.69) is 35.3 Å². The molecule has 24 heavy (non-hydrogen) atoms. The average molecular weight is 332 g/mol. The number of carbonyl (C=O) groups excluding carboxylic acids is 1. The molecular weight excluding hydrogens is 304 g/mol. The summed E-state index contributed by atoms with van der Waals surface area (Å²) in [5, 5.41) is 3.15. The van der Waals surface area contributed by atoms with E-state index in [1.54, 1.807) is 0 Å². The molecule has 2 aliphatic rings. The summed E-state index contributed by atoms with van der Waals surface area (Å²) in [6.07, 6.45) is 3.84. The van der Waals surface area contributed by atoms with E-state index in [9.17, 15) is 4.79 Å². The van der Waals surface area contributed by atoms with Gasteiger partial charge in [0.15, 0.2) is 0 Å². The van der Waals surface area contributed by atoms with Crippen molar-refractivity contribution in [2.24, 2.45) is 0 Å². The Bertz CT molecular complexity index is 537. The lowest BCUT2D eigenvalue weighted by atomic mass is 10.0. The minimum absolute atomic E-state index is 0.000964. The molecule has 1 unspecified atom stereocenters. The Hall–Kier alpha value is -1.59. The van der Waals surface area contributed by atoms with Crippen LogP contribution in [-0.2, 0) is 14.3 Å². The zero-order valence-corrected chi connectivity index (χ0v) is 14.5. The highest BCUT2D eigenvalue weighted by atomic mass is 16.5. The molecule has 2 saturated heterocycles. The number of para-hydroxylation sites is 1. The van der Waals surface area contributed by atoms with E-state index in [0.29, 0.717) is 6.42 Å². The third-order valence-corrected chi connectivity index (χ3v) is 4.85. The maximum atomic E-state index is 12.3. The zero-order chi connectivity index (χ0) is 16.8. The van der Waals surface area contributed by atoms with Crippen molar-refractivity contribution in [3.8, 4) is 0 Å². The first-order chi connectivity index (χ1) is 11.7. The molecule has 0 aromatic heterocycles. The standard InChI is InChI=1S/C19H28N2O3/c1-15(20-19(22)9-8-16-5-4-12-24-16)17-6-2-3-7-18(17)21-10-13-23-14-11-21/h2-3,6-7,15-16H,4-5,8-14H2,1H3,(H,20,22)/t15?,16-/m0/s1. The molecule has 1 amide bonds. The minimum Gasteiger partial charge on any atom is -0.378 e. The van der Waals surface area contributed by atoms with E-state index in [1.807, 2.05) is 6.07 Å². The van der Waals surface area contributed by atoms with Crippen molar-refractivity contribution in [2.75, 3.05) is 37.8 Å². The molecule has 0 radical (unpaired) electrons. The highest BCUT2D eigenvalue weighted by molar-refractivity contribution is 5.76. The summed E-state index contributed by atoms with van der Waals surface area (Å²) in [5.74, 6) is 0.106. The molecule has 2 aliphatic heterocycles. The lowest BCUT2D eigenvalue weighted by molar-refractivity contribution is -0.122. The van der Waals surface area contributed by atoms with E-state index in [1.165, 1.54) is 11.3 Å². The molecule has 5 nitrogen and oxygen atoms in total. The van der Waals surface area contributed by atoms with Crippen molar-refractivity contribution in [3.05, 3.63) is 29.8 Å². The molecule has 1 N–H and O–H groups in total. The highest BCUT2D eigenvalue weighted by Gasteiger charge is 2.20. The molecule has 5 heteroatoms. The van der Waals surface area contributed by atoms with Gasteiger partial charge in [0.25, 0.3) is 0 Å². The maximum absolute atomic E-state index is 12.3. The van der Waals surface area contributed by atoms with Gasteiger partial charge in [-0.15, -0.1) is 0 Å². The van der Waals surface area contributed by atoms with Gasteiger partial charge in [-0.05, 0) is 37.8 Å². The van der Waals surface area contributed by atoms with Gasteiger partial charge in [0.2, 0.25) is 5.91 Å². The second kappa shape index (κ2) is 8.49. The second-order valence-corrected chi connectivity index (χ2v) is 6.62. The van der Waals surface area contributed by atoms with Crippen LogP contribution in [-0.4, -0.2) is 44.9 Å². The molecule has 0 bridgehead atoms. The number of rotatable bonds is 6. The van der Waals surface area contributed by atoms with Gasteiger partial charge in [-0.25, -0.2) is 0 Å². The van der Waals surface area contributed by atoms with Gasteiger partial charge in [0, 0.05) is 31.8 Å². The molecule has 0 spiro atoms. The number of carbonyl (C=O) groups is 1. The number of hydrogen-bond acceptors (Lipinski definition) is 4. The highest BCUT2D eigenvalue weighted by Crippen LogP contribution is 2.27. The average Bonchev–Trinajstić information content (AvgIpc) is 3.14. The lowest BCUT2D eigenvalue weighted by Crippen LogP contribution is -2.37. The van der Waals surface area contributed by atoms with E-state index in [-0.39, 0.29) is 18.1 Å². The fourth-order valence-corrected chi connectivity index (χ4v) is 3.50. The van der Waals surface area contributed by atoms with Gasteiger partial charge in [0.05, 0.1) is 25.4 Å². The van der Waals surface area contributed by atoms with Crippen LogP contribution in [0.3, 0.4) is 0 Å². The number of morpholine rings is 1. The molecule has 2 fully saturated rings. The topological polar surface area (TPSA) is 50.8 Å². The number of amides is 1. The van der Waals surface area contributed by atoms with Crippen molar-refractivity contribution in [2.45, 2.75) is 44.8 Å². The summed E-state index contributed by atoms with van der Waals surface area (Å²) >= 11 is 0. The van der Waals surface area contributed by atoms with Gasteiger partial charge in [-0.1, -0.05) is 18.2 Å². The quantitative estimate of drug-likeness (QED) is 0.870. The molecule has 132 valence electrons. The van der Waals surface area contributed by atoms with Gasteiger partial charge in [0.1, 0.15) is 0 Å². The van der Waals surface area contributed by atoms with Crippen molar-refractivity contribution < 1.29 is 14.3 Å². The van der Waals surface area contributed by atoms with Crippen LogP contribution in [0, 0.1) is 0 Å². The van der Waals surface area contributed by atoms with Crippen LogP contribution in [0.5, 0.6) is 0 Å². The summed E-state index contributed by atoms with van der Waals surface area (Å²) in [5.41, 5.74) is 2.37. The van der Waals surface area contributed by atoms with Gasteiger partial charge in [-0.2, -0.15) is 0 Å². The Labute approximate surface area is 144 Å². The smallest absolute Gasteiger partial charge is 0.220 e. The Morgan fingerprint density at radius 3 is 2.83 bits per heavy atom. The lowest BCUT2D eigenvalue weighted by Gasteiger charge is -2.32. The van der Waals surface area contributed by atoms with Crippen LogP contribution in [0.4, 0.5) is 5.69 Å². The summed E-state index contributed by atoms with van der Waals surface area (Å²) in [4.78, 5) is 14.6. The Balaban J connectivity index is 1.57. The molecule has 0 saturated carbocycles. The molecule has 3 rings (SSSR count). The summed E-state index contributed by atoms with van der Waals surface area (Å²) < 4.78 is 11.0. The monoisotopic (exact) mass is 332 g/mol. The number of ether oxygens (including phenoxy) is 2. The second-order valence-electron chi connectivity index (χ2n) is 6.62. The Morgan fingerprint density at radius 2 is 2.08 bits per heavy atom. The number of nitrogens with zero attached hydrogens (tertiary/aromatic N) is 1. The van der Waals surface area contributed by atoms with Crippen LogP contribution in [0.1, 0.15) is 44.2 Å². The molecular formula is C19H28N2O3. The van der Waals surface area contributed by atoms with Gasteiger partial charge < -0.3 is 19.7 Å². The molecule has 2 heterocycles. The van der Waals surface area contributed by atoms with Gasteiger partial charge >= 0.3 is 0 Å². The van der Waals surface area contributed by atoms with Crippen molar-refractivity contribution >= 4 is 11.6 Å². The van der Waals surface area contributed by atoms with E-state index in [0.717, 1.165) is 52.2 Å². The fraction of sp³-hybridized carbons (Fsp3) is 0.632. The Kier molecular flexibility index (Phi) is 6.10. The number of benzene rings is 1. The number of nitrogens with one attached hydrogen (secondary N) is 1. The first kappa shape index (κ1) is 17.2. The number of anilines is 1. The largest absolute Gasteiger partial charge is 0.378 e. The normalized spacial score (nSPS) is 22.4. The number of hydrogen-bond donors (Lipinski definition) is 1. The molecule has 0 aliphatic carbocycles. The Morgan fingerprint density at radius 1 is 1.29 bits per heavy atom. The van der Waals surface area contributed by atoms with E-state index < -0.39 is 0 Å². The SMILES string of the molecule is CC(NC(=O)CC[C@@H]1CCCO1)c1ccccc1N1CCOCC1. The molecule has 1 aromatic carbocycles. The van der Waals surface area contributed by atoms with Crippen LogP contribution in [0.25, 0.3) is 0 Å². The summed E-state index contributed by atoms with van der Waals surface area (Å²) in [6, 6.07) is 8.33. The first-order valence-corrected chi connectivity index (χ1v) is 9.06. The van der Waals surface area contributed by atoms with Crippen molar-refractivity contribution in [3.63, 3.8) is 0 Å². The predicted molar refractivity (Wildman–Crippen MR) is 94.2 cm³/mol. The predicted octanol–water partition coefficient (Wildman–Crippen LogP) is 2.66. The van der Waals surface area contributed by atoms with Crippen LogP contribution in [0.2, 0.25) is 0 Å². The minimum atomic E-state index is 0.000964. The summed E-state index contributed by atoms with van der Waals surface area (Å²) in [6.45, 7) is 6.22. The first-order valence-electron chi connectivity index (χ1n) is 9.06. The third-order valence-electron chi connectivity index (χ3n) is 4.85. The molecule has 1 aromatic rings. The van der Waals surface area contributed by atoms with Crippen molar-refractivity contribution in [1.82, 2.24) is 5.32 Å². The zero-order valence-electron chi connectivity index (χ0n) is 14.5.